The van der Waals surface area contributed by atoms with Gasteiger partial charge in [0.1, 0.15) is 0 Å². The molecule has 0 aliphatic carbocycles. The lowest BCUT2D eigenvalue weighted by Gasteiger charge is -2.01. The Hall–Kier alpha value is -1.62. The van der Waals surface area contributed by atoms with Gasteiger partial charge in [-0.05, 0) is 6.92 Å². The molecule has 2 rings (SSSR count). The van der Waals surface area contributed by atoms with Crippen LogP contribution in [0, 0.1) is 6.92 Å². The molecule has 6 heteroatoms. The van der Waals surface area contributed by atoms with Crippen molar-refractivity contribution < 1.29 is 9.90 Å². The number of carboxylic acid groups (broad SMARTS) is 1. The molecule has 5 nitrogen and oxygen atoms in total. The lowest BCUT2D eigenvalue weighted by atomic mass is 10.2. The van der Waals surface area contributed by atoms with Crippen LogP contribution in [0.25, 0.3) is 5.65 Å². The third-order valence-corrected chi connectivity index (χ3v) is 2.11. The number of rotatable bonds is 1. The first-order chi connectivity index (χ1) is 6.59. The summed E-state index contributed by atoms with van der Waals surface area (Å²) in [7, 11) is 0. The summed E-state index contributed by atoms with van der Waals surface area (Å²) >= 11 is 5.67. The van der Waals surface area contributed by atoms with Gasteiger partial charge in [-0.15, -0.1) is 0 Å². The van der Waals surface area contributed by atoms with E-state index in [0.29, 0.717) is 16.5 Å². The first kappa shape index (κ1) is 8.96. The van der Waals surface area contributed by atoms with Crippen molar-refractivity contribution in [2.24, 2.45) is 0 Å². The van der Waals surface area contributed by atoms with Gasteiger partial charge in [0.2, 0.25) is 0 Å². The van der Waals surface area contributed by atoms with E-state index in [9.17, 15) is 4.79 Å². The summed E-state index contributed by atoms with van der Waals surface area (Å²) in [5.41, 5.74) is 1.17. The second-order valence-corrected chi connectivity index (χ2v) is 3.19. The Morgan fingerprint density at radius 3 is 3.00 bits per heavy atom. The standard InChI is InChI=1S/C8H6ClN3O2/c1-4-5(8(13)14)3-10-7-2-6(9)11-12(4)7/h2-3H,1H3,(H,13,14). The van der Waals surface area contributed by atoms with Crippen molar-refractivity contribution in [2.45, 2.75) is 6.92 Å². The minimum absolute atomic E-state index is 0.122. The molecule has 0 bridgehead atoms. The molecule has 0 radical (unpaired) electrons. The van der Waals surface area contributed by atoms with E-state index in [-0.39, 0.29) is 5.56 Å². The Balaban J connectivity index is 2.80. The lowest BCUT2D eigenvalue weighted by molar-refractivity contribution is 0.0695. The smallest absolute Gasteiger partial charge is 0.339 e. The van der Waals surface area contributed by atoms with E-state index in [4.69, 9.17) is 16.7 Å². The normalized spacial score (nSPS) is 10.7. The highest BCUT2D eigenvalue weighted by Crippen LogP contribution is 2.13. The quantitative estimate of drug-likeness (QED) is 0.774. The molecule has 2 aromatic rings. The summed E-state index contributed by atoms with van der Waals surface area (Å²) < 4.78 is 1.41. The van der Waals surface area contributed by atoms with Crippen LogP contribution >= 0.6 is 11.6 Å². The number of nitrogens with zero attached hydrogens (tertiary/aromatic N) is 3. The van der Waals surface area contributed by atoms with Crippen LogP contribution in [0.2, 0.25) is 5.15 Å². The lowest BCUT2D eigenvalue weighted by Crippen LogP contribution is -2.06. The zero-order valence-electron chi connectivity index (χ0n) is 7.23. The molecule has 0 amide bonds. The molecule has 0 fully saturated rings. The Morgan fingerprint density at radius 1 is 1.64 bits per heavy atom. The van der Waals surface area contributed by atoms with Crippen molar-refractivity contribution >= 4 is 23.2 Å². The molecule has 0 unspecified atom stereocenters. The molecule has 0 saturated heterocycles. The van der Waals surface area contributed by atoms with Crippen molar-refractivity contribution in [3.63, 3.8) is 0 Å². The number of halogens is 1. The van der Waals surface area contributed by atoms with E-state index < -0.39 is 5.97 Å². The minimum atomic E-state index is -1.02. The highest BCUT2D eigenvalue weighted by atomic mass is 35.5. The maximum atomic E-state index is 10.8. The summed E-state index contributed by atoms with van der Waals surface area (Å²) in [4.78, 5) is 14.7. The van der Waals surface area contributed by atoms with Crippen LogP contribution in [0.3, 0.4) is 0 Å². The van der Waals surface area contributed by atoms with E-state index in [1.165, 1.54) is 10.7 Å². The Labute approximate surface area is 83.9 Å². The predicted molar refractivity (Wildman–Crippen MR) is 49.7 cm³/mol. The Morgan fingerprint density at radius 2 is 2.36 bits per heavy atom. The SMILES string of the molecule is Cc1c(C(=O)O)cnc2cc(Cl)nn12. The van der Waals surface area contributed by atoms with Gasteiger partial charge in [0.15, 0.2) is 10.8 Å². The zero-order chi connectivity index (χ0) is 10.3. The van der Waals surface area contributed by atoms with Gasteiger partial charge >= 0.3 is 5.97 Å². The number of aromatic nitrogens is 3. The average Bonchev–Trinajstić information content (AvgIpc) is 2.46. The van der Waals surface area contributed by atoms with Gasteiger partial charge in [-0.3, -0.25) is 0 Å². The van der Waals surface area contributed by atoms with Crippen LogP contribution in [0.1, 0.15) is 16.1 Å². The van der Waals surface area contributed by atoms with Crippen LogP contribution in [0.15, 0.2) is 12.3 Å². The minimum Gasteiger partial charge on any atom is -0.478 e. The molecule has 14 heavy (non-hydrogen) atoms. The Kier molecular flexibility index (Phi) is 1.89. The maximum absolute atomic E-state index is 10.8. The summed E-state index contributed by atoms with van der Waals surface area (Å²) in [6, 6.07) is 1.57. The van der Waals surface area contributed by atoms with Gasteiger partial charge in [-0.25, -0.2) is 14.3 Å². The molecule has 0 saturated carbocycles. The van der Waals surface area contributed by atoms with Crippen LogP contribution < -0.4 is 0 Å². The zero-order valence-corrected chi connectivity index (χ0v) is 7.99. The van der Waals surface area contributed by atoms with Crippen molar-refractivity contribution in [3.8, 4) is 0 Å². The number of fused-ring (bicyclic) bond motifs is 1. The number of hydrogen-bond donors (Lipinski definition) is 1. The van der Waals surface area contributed by atoms with Crippen LogP contribution in [0.5, 0.6) is 0 Å². The molecule has 0 aromatic carbocycles. The topological polar surface area (TPSA) is 67.5 Å². The number of carboxylic acids is 1. The summed E-state index contributed by atoms with van der Waals surface area (Å²) in [6.07, 6.45) is 1.30. The first-order valence-corrected chi connectivity index (χ1v) is 4.21. The fourth-order valence-electron chi connectivity index (χ4n) is 1.23. The maximum Gasteiger partial charge on any atom is 0.339 e. The largest absolute Gasteiger partial charge is 0.478 e. The molecule has 0 spiro atoms. The molecule has 2 heterocycles. The number of aryl methyl sites for hydroxylation is 1. The molecule has 0 atom stereocenters. The fourth-order valence-corrected chi connectivity index (χ4v) is 1.40. The Bertz CT molecular complexity index is 521. The van der Waals surface area contributed by atoms with Crippen molar-refractivity contribution in [1.29, 1.82) is 0 Å². The van der Waals surface area contributed by atoms with Crippen molar-refractivity contribution in [1.82, 2.24) is 14.6 Å². The van der Waals surface area contributed by atoms with E-state index in [2.05, 4.69) is 10.1 Å². The third-order valence-electron chi connectivity index (χ3n) is 1.92. The van der Waals surface area contributed by atoms with Crippen LogP contribution in [-0.2, 0) is 0 Å². The predicted octanol–water partition coefficient (Wildman–Crippen LogP) is 1.39. The molecular weight excluding hydrogens is 206 g/mol. The molecule has 2 aromatic heterocycles. The van der Waals surface area contributed by atoms with E-state index >= 15 is 0 Å². The van der Waals surface area contributed by atoms with E-state index in [1.54, 1.807) is 13.0 Å². The molecule has 72 valence electrons. The fraction of sp³-hybridized carbons (Fsp3) is 0.125. The van der Waals surface area contributed by atoms with Gasteiger partial charge in [-0.1, -0.05) is 11.6 Å². The first-order valence-electron chi connectivity index (χ1n) is 3.84. The number of carbonyl (C=O) groups is 1. The summed E-state index contributed by atoms with van der Waals surface area (Å²) in [6.45, 7) is 1.65. The van der Waals surface area contributed by atoms with Gasteiger partial charge in [-0.2, -0.15) is 5.10 Å². The molecule has 0 aliphatic rings. The van der Waals surface area contributed by atoms with Gasteiger partial charge in [0.25, 0.3) is 0 Å². The van der Waals surface area contributed by atoms with Crippen LogP contribution in [0.4, 0.5) is 0 Å². The second kappa shape index (κ2) is 2.95. The molecular formula is C8H6ClN3O2. The van der Waals surface area contributed by atoms with Gasteiger partial charge < -0.3 is 5.11 Å². The summed E-state index contributed by atoms with van der Waals surface area (Å²) in [5, 5.41) is 13.0. The third kappa shape index (κ3) is 1.22. The highest BCUT2D eigenvalue weighted by Gasteiger charge is 2.12. The summed E-state index contributed by atoms with van der Waals surface area (Å²) in [5.74, 6) is -1.02. The van der Waals surface area contributed by atoms with Crippen molar-refractivity contribution in [2.75, 3.05) is 0 Å². The van der Waals surface area contributed by atoms with Gasteiger partial charge in [0, 0.05) is 12.3 Å². The number of hydrogen-bond acceptors (Lipinski definition) is 3. The molecule has 0 aliphatic heterocycles. The second-order valence-electron chi connectivity index (χ2n) is 2.80. The number of aromatic carboxylic acids is 1. The van der Waals surface area contributed by atoms with Crippen molar-refractivity contribution in [3.05, 3.63) is 28.7 Å². The monoisotopic (exact) mass is 211 g/mol. The van der Waals surface area contributed by atoms with Gasteiger partial charge in [0.05, 0.1) is 11.3 Å². The van der Waals surface area contributed by atoms with E-state index in [0.717, 1.165) is 0 Å². The molecule has 1 N–H and O–H groups in total. The average molecular weight is 212 g/mol. The van der Waals surface area contributed by atoms with Crippen LogP contribution in [-0.4, -0.2) is 25.7 Å². The van der Waals surface area contributed by atoms with E-state index in [1.807, 2.05) is 0 Å². The highest BCUT2D eigenvalue weighted by molar-refractivity contribution is 6.29.